The number of rotatable bonds is 4. The first-order valence-corrected chi connectivity index (χ1v) is 13.9. The fourth-order valence-corrected chi connectivity index (χ4v) is 5.93. The number of thiazole rings is 1. The van der Waals surface area contributed by atoms with Gasteiger partial charge in [0.05, 0.1) is 21.5 Å². The van der Waals surface area contributed by atoms with Crippen LogP contribution in [0, 0.1) is 0 Å². The van der Waals surface area contributed by atoms with Crippen molar-refractivity contribution in [2.45, 2.75) is 6.18 Å². The van der Waals surface area contributed by atoms with Gasteiger partial charge in [0.2, 0.25) is 0 Å². The van der Waals surface area contributed by atoms with Crippen LogP contribution in [0.3, 0.4) is 0 Å². The molecule has 0 saturated carbocycles. The lowest BCUT2D eigenvalue weighted by Gasteiger charge is -2.09. The SMILES string of the molecule is FC(F)(F)c1ccc(-c2ccc(-c3ccc4cc(-c5ccc(-c6nc7ccccc7s6)nc5)ccc4c3)cc2)cc1. The quantitative estimate of drug-likeness (QED) is 0.215. The molecule has 6 heteroatoms. The van der Waals surface area contributed by atoms with Crippen molar-refractivity contribution in [3.8, 4) is 44.1 Å². The van der Waals surface area contributed by atoms with E-state index in [4.69, 9.17) is 9.97 Å². The summed E-state index contributed by atoms with van der Waals surface area (Å²) in [4.78, 5) is 9.41. The van der Waals surface area contributed by atoms with Gasteiger partial charge < -0.3 is 0 Å². The lowest BCUT2D eigenvalue weighted by atomic mass is 9.96. The zero-order valence-corrected chi connectivity index (χ0v) is 22.4. The maximum atomic E-state index is 12.9. The van der Waals surface area contributed by atoms with Crippen LogP contribution in [-0.4, -0.2) is 9.97 Å². The maximum absolute atomic E-state index is 12.9. The summed E-state index contributed by atoms with van der Waals surface area (Å²) in [6.45, 7) is 0. The van der Waals surface area contributed by atoms with Gasteiger partial charge in [-0.3, -0.25) is 4.98 Å². The van der Waals surface area contributed by atoms with Gasteiger partial charge >= 0.3 is 6.18 Å². The molecule has 2 heterocycles. The molecule has 7 rings (SSSR count). The lowest BCUT2D eigenvalue weighted by Crippen LogP contribution is -2.03. The third-order valence-electron chi connectivity index (χ3n) is 7.21. The van der Waals surface area contributed by atoms with Crippen LogP contribution in [0.4, 0.5) is 13.2 Å². The summed E-state index contributed by atoms with van der Waals surface area (Å²) >= 11 is 1.64. The molecule has 0 saturated heterocycles. The van der Waals surface area contributed by atoms with Gasteiger partial charge in [-0.2, -0.15) is 13.2 Å². The first-order valence-electron chi connectivity index (χ1n) is 13.0. The first kappa shape index (κ1) is 25.2. The predicted octanol–water partition coefficient (Wildman–Crippen LogP) is 10.5. The van der Waals surface area contributed by atoms with Gasteiger partial charge in [0.25, 0.3) is 0 Å². The van der Waals surface area contributed by atoms with Crippen molar-refractivity contribution in [3.05, 3.63) is 133 Å². The van der Waals surface area contributed by atoms with Crippen molar-refractivity contribution < 1.29 is 13.2 Å². The van der Waals surface area contributed by atoms with Crippen LogP contribution in [0.2, 0.25) is 0 Å². The summed E-state index contributed by atoms with van der Waals surface area (Å²) in [6, 6.07) is 38.1. The zero-order chi connectivity index (χ0) is 28.0. The average Bonchev–Trinajstić information content (AvgIpc) is 3.45. The molecule has 5 aromatic carbocycles. The van der Waals surface area contributed by atoms with Gasteiger partial charge in [0, 0.05) is 11.8 Å². The van der Waals surface area contributed by atoms with Crippen LogP contribution in [0.5, 0.6) is 0 Å². The summed E-state index contributed by atoms with van der Waals surface area (Å²) in [6.07, 6.45) is -2.44. The van der Waals surface area contributed by atoms with E-state index in [-0.39, 0.29) is 0 Å². The number of halogens is 3. The number of para-hydroxylation sites is 1. The van der Waals surface area contributed by atoms with Gasteiger partial charge in [0.1, 0.15) is 5.01 Å². The van der Waals surface area contributed by atoms with E-state index < -0.39 is 11.7 Å². The number of benzene rings is 5. The normalized spacial score (nSPS) is 11.8. The molecule has 7 aromatic rings. The van der Waals surface area contributed by atoms with Crippen LogP contribution in [0.25, 0.3) is 65.1 Å². The van der Waals surface area contributed by atoms with Crippen LogP contribution in [-0.2, 0) is 6.18 Å². The third-order valence-corrected chi connectivity index (χ3v) is 8.27. The largest absolute Gasteiger partial charge is 0.416 e. The summed E-state index contributed by atoms with van der Waals surface area (Å²) < 4.78 is 39.8. The van der Waals surface area contributed by atoms with E-state index in [1.165, 1.54) is 12.1 Å². The Bertz CT molecular complexity index is 1970. The monoisotopic (exact) mass is 558 g/mol. The standard InChI is InChI=1S/C35H21F3N2S/c36-35(37,38)30-16-13-23(14-17-30)22-5-7-24(8-6-22)25-9-10-27-20-28(12-11-26(27)19-25)29-15-18-32(39-21-29)34-40-31-3-1-2-4-33(31)41-34/h1-21H. The highest BCUT2D eigenvalue weighted by Gasteiger charge is 2.29. The second kappa shape index (κ2) is 9.98. The molecule has 0 aliphatic carbocycles. The van der Waals surface area contributed by atoms with E-state index in [0.29, 0.717) is 0 Å². The molecule has 2 nitrogen and oxygen atoms in total. The molecule has 2 aromatic heterocycles. The second-order valence-electron chi connectivity index (χ2n) is 9.85. The van der Waals surface area contributed by atoms with Crippen LogP contribution < -0.4 is 0 Å². The second-order valence-corrected chi connectivity index (χ2v) is 10.9. The van der Waals surface area contributed by atoms with E-state index in [1.807, 2.05) is 54.7 Å². The molecule has 0 amide bonds. The van der Waals surface area contributed by atoms with E-state index in [0.717, 1.165) is 77.2 Å². The van der Waals surface area contributed by atoms with Crippen LogP contribution >= 0.6 is 11.3 Å². The zero-order valence-electron chi connectivity index (χ0n) is 21.6. The minimum Gasteiger partial charge on any atom is -0.253 e. The number of nitrogens with zero attached hydrogens (tertiary/aromatic N) is 2. The number of aromatic nitrogens is 2. The Morgan fingerprint density at radius 2 is 1.07 bits per heavy atom. The summed E-state index contributed by atoms with van der Waals surface area (Å²) in [5.41, 5.74) is 7.08. The molecule has 0 atom stereocenters. The Hall–Kier alpha value is -4.81. The summed E-state index contributed by atoms with van der Waals surface area (Å²) in [7, 11) is 0. The molecule has 0 N–H and O–H groups in total. The van der Waals surface area contributed by atoms with E-state index >= 15 is 0 Å². The molecule has 198 valence electrons. The fourth-order valence-electron chi connectivity index (χ4n) is 4.98. The number of pyridine rings is 1. The highest BCUT2D eigenvalue weighted by atomic mass is 32.1. The van der Waals surface area contributed by atoms with Crippen molar-refractivity contribution in [1.82, 2.24) is 9.97 Å². The van der Waals surface area contributed by atoms with Crippen molar-refractivity contribution in [3.63, 3.8) is 0 Å². The summed E-state index contributed by atoms with van der Waals surface area (Å²) in [5, 5.41) is 3.16. The van der Waals surface area contributed by atoms with Gasteiger partial charge in [-0.1, -0.05) is 78.9 Å². The fraction of sp³-hybridized carbons (Fsp3) is 0.0286. The van der Waals surface area contributed by atoms with Crippen molar-refractivity contribution >= 4 is 32.3 Å². The van der Waals surface area contributed by atoms with E-state index in [1.54, 1.807) is 11.3 Å². The Kier molecular flexibility index (Phi) is 6.13. The van der Waals surface area contributed by atoms with E-state index in [9.17, 15) is 13.2 Å². The highest BCUT2D eigenvalue weighted by molar-refractivity contribution is 7.21. The molecule has 0 spiro atoms. The Morgan fingerprint density at radius 1 is 0.537 bits per heavy atom. The Labute approximate surface area is 238 Å². The number of hydrogen-bond donors (Lipinski definition) is 0. The molecular weight excluding hydrogens is 537 g/mol. The molecule has 0 aliphatic rings. The number of hydrogen-bond acceptors (Lipinski definition) is 3. The molecule has 0 unspecified atom stereocenters. The molecule has 0 aliphatic heterocycles. The van der Waals surface area contributed by atoms with Crippen LogP contribution in [0.15, 0.2) is 128 Å². The van der Waals surface area contributed by atoms with E-state index in [2.05, 4.69) is 48.5 Å². The smallest absolute Gasteiger partial charge is 0.253 e. The lowest BCUT2D eigenvalue weighted by molar-refractivity contribution is -0.137. The average molecular weight is 559 g/mol. The minimum absolute atomic E-state index is 0.644. The van der Waals surface area contributed by atoms with Crippen molar-refractivity contribution in [2.24, 2.45) is 0 Å². The third kappa shape index (κ3) is 4.98. The maximum Gasteiger partial charge on any atom is 0.416 e. The minimum atomic E-state index is -4.33. The van der Waals surface area contributed by atoms with Crippen molar-refractivity contribution in [2.75, 3.05) is 0 Å². The van der Waals surface area contributed by atoms with Crippen LogP contribution in [0.1, 0.15) is 5.56 Å². The number of alkyl halides is 3. The molecule has 0 bridgehead atoms. The highest BCUT2D eigenvalue weighted by Crippen LogP contribution is 2.34. The van der Waals surface area contributed by atoms with Gasteiger partial charge in [-0.05, 0) is 81.1 Å². The first-order chi connectivity index (χ1) is 19.9. The summed E-state index contributed by atoms with van der Waals surface area (Å²) in [5.74, 6) is 0. The Morgan fingerprint density at radius 3 is 1.66 bits per heavy atom. The molecule has 0 radical (unpaired) electrons. The predicted molar refractivity (Wildman–Crippen MR) is 162 cm³/mol. The Balaban J connectivity index is 1.11. The topological polar surface area (TPSA) is 25.8 Å². The van der Waals surface area contributed by atoms with Gasteiger partial charge in [-0.15, -0.1) is 11.3 Å². The van der Waals surface area contributed by atoms with Crippen molar-refractivity contribution in [1.29, 1.82) is 0 Å². The molecular formula is C35H21F3N2S. The molecule has 41 heavy (non-hydrogen) atoms. The van der Waals surface area contributed by atoms with Gasteiger partial charge in [0.15, 0.2) is 0 Å². The van der Waals surface area contributed by atoms with Gasteiger partial charge in [-0.25, -0.2) is 4.98 Å². The number of fused-ring (bicyclic) bond motifs is 2. The molecule has 0 fully saturated rings.